The first kappa shape index (κ1) is 20.8. The molecule has 6 nitrogen and oxygen atoms in total. The molecule has 4 rings (SSSR count). The second kappa shape index (κ2) is 9.52. The number of rotatable bonds is 6. The molecular formula is C21H24ClFN6. The van der Waals surface area contributed by atoms with Gasteiger partial charge in [0.1, 0.15) is 5.82 Å². The number of halogens is 2. The van der Waals surface area contributed by atoms with E-state index in [1.165, 1.54) is 17.7 Å². The van der Waals surface area contributed by atoms with Crippen molar-refractivity contribution in [2.24, 2.45) is 0 Å². The van der Waals surface area contributed by atoms with E-state index >= 15 is 0 Å². The molecule has 29 heavy (non-hydrogen) atoms. The topological polar surface area (TPSA) is 66.0 Å². The molecule has 0 saturated carbocycles. The largest absolute Gasteiger partial charge is 0.341 e. The number of hydrogen-bond donors (Lipinski definition) is 2. The Morgan fingerprint density at radius 2 is 1.34 bits per heavy atom. The molecule has 1 aliphatic rings. The Bertz CT molecular complexity index is 927. The third-order valence-corrected chi connectivity index (χ3v) is 4.73. The normalized spacial score (nSPS) is 13.1. The van der Waals surface area contributed by atoms with Gasteiger partial charge in [0.15, 0.2) is 0 Å². The summed E-state index contributed by atoms with van der Waals surface area (Å²) in [6.07, 6.45) is 3.26. The van der Waals surface area contributed by atoms with Crippen molar-refractivity contribution in [1.29, 1.82) is 0 Å². The molecule has 2 aromatic carbocycles. The highest BCUT2D eigenvalue weighted by molar-refractivity contribution is 5.85. The quantitative estimate of drug-likeness (QED) is 0.586. The van der Waals surface area contributed by atoms with E-state index in [0.29, 0.717) is 17.8 Å². The molecule has 2 N–H and O–H groups in total. The number of anilines is 5. The Morgan fingerprint density at radius 1 is 0.828 bits per heavy atom. The number of aromatic nitrogens is 3. The Kier molecular flexibility index (Phi) is 6.82. The zero-order valence-electron chi connectivity index (χ0n) is 16.2. The standard InChI is InChI=1S/C21H23FN6.ClH/c1-2-15-5-9-17(10-6-15)23-19-25-20(24-18-11-7-16(22)8-12-18)27-21(26-19)28-13-3-4-14-28;/h5-12H,2-4,13-14H2,1H3,(H2,23,24,25,26,27);1H. The van der Waals surface area contributed by atoms with Gasteiger partial charge in [0.25, 0.3) is 0 Å². The molecule has 0 spiro atoms. The SMILES string of the molecule is CCc1ccc(Nc2nc(Nc3ccc(F)cc3)nc(N3CCCC3)n2)cc1.Cl. The third kappa shape index (κ3) is 5.32. The Hall–Kier alpha value is -2.93. The summed E-state index contributed by atoms with van der Waals surface area (Å²) in [5.74, 6) is 1.27. The second-order valence-electron chi connectivity index (χ2n) is 6.78. The van der Waals surface area contributed by atoms with E-state index < -0.39 is 0 Å². The van der Waals surface area contributed by atoms with Gasteiger partial charge in [0.05, 0.1) is 0 Å². The van der Waals surface area contributed by atoms with Gasteiger partial charge >= 0.3 is 0 Å². The Morgan fingerprint density at radius 3 is 1.86 bits per heavy atom. The van der Waals surface area contributed by atoms with Crippen LogP contribution in [0.5, 0.6) is 0 Å². The summed E-state index contributed by atoms with van der Waals surface area (Å²) < 4.78 is 13.2. The predicted octanol–water partition coefficient (Wildman–Crippen LogP) is 5.08. The fraction of sp³-hybridized carbons (Fsp3) is 0.286. The van der Waals surface area contributed by atoms with Gasteiger partial charge in [0.2, 0.25) is 17.8 Å². The molecule has 0 unspecified atom stereocenters. The minimum atomic E-state index is -0.281. The van der Waals surface area contributed by atoms with Gasteiger partial charge in [-0.05, 0) is 61.2 Å². The molecule has 1 saturated heterocycles. The molecule has 0 aliphatic carbocycles. The first-order valence-electron chi connectivity index (χ1n) is 9.59. The number of benzene rings is 2. The lowest BCUT2D eigenvalue weighted by atomic mass is 10.1. The van der Waals surface area contributed by atoms with Gasteiger partial charge < -0.3 is 15.5 Å². The van der Waals surface area contributed by atoms with Gasteiger partial charge in [-0.2, -0.15) is 15.0 Å². The van der Waals surface area contributed by atoms with E-state index in [4.69, 9.17) is 0 Å². The molecule has 0 radical (unpaired) electrons. The lowest BCUT2D eigenvalue weighted by Crippen LogP contribution is -2.21. The van der Waals surface area contributed by atoms with Crippen LogP contribution in [0, 0.1) is 5.82 Å². The maximum Gasteiger partial charge on any atom is 0.233 e. The molecule has 8 heteroatoms. The fourth-order valence-corrected chi connectivity index (χ4v) is 3.15. The zero-order chi connectivity index (χ0) is 19.3. The van der Waals surface area contributed by atoms with Crippen molar-refractivity contribution in [3.63, 3.8) is 0 Å². The number of aryl methyl sites for hydroxylation is 1. The van der Waals surface area contributed by atoms with Crippen molar-refractivity contribution in [1.82, 2.24) is 15.0 Å². The molecule has 0 amide bonds. The van der Waals surface area contributed by atoms with E-state index in [9.17, 15) is 4.39 Å². The third-order valence-electron chi connectivity index (χ3n) is 4.73. The number of nitrogens with one attached hydrogen (secondary N) is 2. The second-order valence-corrected chi connectivity index (χ2v) is 6.78. The van der Waals surface area contributed by atoms with Crippen molar-refractivity contribution in [3.05, 3.63) is 59.9 Å². The molecule has 2 heterocycles. The molecule has 1 aliphatic heterocycles. The molecule has 0 bridgehead atoms. The van der Waals surface area contributed by atoms with E-state index in [-0.39, 0.29) is 18.2 Å². The highest BCUT2D eigenvalue weighted by atomic mass is 35.5. The van der Waals surface area contributed by atoms with E-state index in [0.717, 1.165) is 43.7 Å². The van der Waals surface area contributed by atoms with E-state index in [2.05, 4.69) is 49.5 Å². The average molecular weight is 415 g/mol. The first-order chi connectivity index (χ1) is 13.7. The highest BCUT2D eigenvalue weighted by Gasteiger charge is 2.17. The van der Waals surface area contributed by atoms with Gasteiger partial charge in [0, 0.05) is 24.5 Å². The lowest BCUT2D eigenvalue weighted by molar-refractivity contribution is 0.628. The van der Waals surface area contributed by atoms with Crippen LogP contribution in [0.2, 0.25) is 0 Å². The minimum Gasteiger partial charge on any atom is -0.341 e. The highest BCUT2D eigenvalue weighted by Crippen LogP contribution is 2.23. The minimum absolute atomic E-state index is 0. The van der Waals surface area contributed by atoms with Crippen LogP contribution in [0.15, 0.2) is 48.5 Å². The summed E-state index contributed by atoms with van der Waals surface area (Å²) in [6.45, 7) is 4.00. The van der Waals surface area contributed by atoms with Crippen LogP contribution >= 0.6 is 12.4 Å². The zero-order valence-corrected chi connectivity index (χ0v) is 17.0. The van der Waals surface area contributed by atoms with E-state index in [1.54, 1.807) is 12.1 Å². The summed E-state index contributed by atoms with van der Waals surface area (Å²) in [5.41, 5.74) is 2.92. The predicted molar refractivity (Wildman–Crippen MR) is 117 cm³/mol. The van der Waals surface area contributed by atoms with Crippen LogP contribution in [0.1, 0.15) is 25.3 Å². The summed E-state index contributed by atoms with van der Waals surface area (Å²) in [7, 11) is 0. The van der Waals surface area contributed by atoms with Gasteiger partial charge in [-0.3, -0.25) is 0 Å². The average Bonchev–Trinajstić information content (AvgIpc) is 3.25. The monoisotopic (exact) mass is 414 g/mol. The molecule has 3 aromatic rings. The van der Waals surface area contributed by atoms with Crippen molar-refractivity contribution in [2.75, 3.05) is 28.6 Å². The molecule has 1 aromatic heterocycles. The van der Waals surface area contributed by atoms with Gasteiger partial charge in [-0.15, -0.1) is 12.4 Å². The summed E-state index contributed by atoms with van der Waals surface area (Å²) in [5, 5.41) is 6.41. The fourth-order valence-electron chi connectivity index (χ4n) is 3.15. The summed E-state index contributed by atoms with van der Waals surface area (Å²) in [6, 6.07) is 14.3. The lowest BCUT2D eigenvalue weighted by Gasteiger charge is -2.17. The van der Waals surface area contributed by atoms with Gasteiger partial charge in [-0.1, -0.05) is 19.1 Å². The van der Waals surface area contributed by atoms with Crippen molar-refractivity contribution < 1.29 is 4.39 Å². The van der Waals surface area contributed by atoms with Crippen LogP contribution in [0.4, 0.5) is 33.6 Å². The van der Waals surface area contributed by atoms with Gasteiger partial charge in [-0.25, -0.2) is 4.39 Å². The van der Waals surface area contributed by atoms with Crippen LogP contribution in [0.3, 0.4) is 0 Å². The molecule has 152 valence electrons. The smallest absolute Gasteiger partial charge is 0.233 e. The molecule has 1 fully saturated rings. The van der Waals surface area contributed by atoms with Crippen molar-refractivity contribution >= 4 is 41.6 Å². The molecule has 0 atom stereocenters. The number of hydrogen-bond acceptors (Lipinski definition) is 6. The first-order valence-corrected chi connectivity index (χ1v) is 9.59. The van der Waals surface area contributed by atoms with Crippen molar-refractivity contribution in [3.8, 4) is 0 Å². The summed E-state index contributed by atoms with van der Waals surface area (Å²) >= 11 is 0. The van der Waals surface area contributed by atoms with Crippen LogP contribution < -0.4 is 15.5 Å². The Labute approximate surface area is 176 Å². The van der Waals surface area contributed by atoms with Crippen LogP contribution in [0.25, 0.3) is 0 Å². The molecular weight excluding hydrogens is 391 g/mol. The summed E-state index contributed by atoms with van der Waals surface area (Å²) in [4.78, 5) is 15.8. The van der Waals surface area contributed by atoms with Crippen LogP contribution in [-0.4, -0.2) is 28.0 Å². The van der Waals surface area contributed by atoms with Crippen LogP contribution in [-0.2, 0) is 6.42 Å². The Balaban J connectivity index is 0.00000240. The maximum absolute atomic E-state index is 13.2. The maximum atomic E-state index is 13.2. The number of nitrogens with zero attached hydrogens (tertiary/aromatic N) is 4. The van der Waals surface area contributed by atoms with E-state index in [1.807, 2.05) is 12.1 Å². The van der Waals surface area contributed by atoms with Crippen molar-refractivity contribution in [2.45, 2.75) is 26.2 Å².